The number of carbonyl (C=O) groups excluding carboxylic acids is 1. The van der Waals surface area contributed by atoms with Crippen molar-refractivity contribution in [1.82, 2.24) is 0 Å². The Morgan fingerprint density at radius 2 is 2.16 bits per heavy atom. The zero-order valence-electron chi connectivity index (χ0n) is 10.6. The molecule has 0 bridgehead atoms. The van der Waals surface area contributed by atoms with Crippen LogP contribution in [-0.4, -0.2) is 13.4 Å². The average Bonchev–Trinajstić information content (AvgIpc) is 2.45. The molecule has 0 aliphatic rings. The lowest BCUT2D eigenvalue weighted by atomic mass is 10.2. The van der Waals surface area contributed by atoms with Gasteiger partial charge in [-0.15, -0.1) is 0 Å². The van der Waals surface area contributed by atoms with Crippen LogP contribution in [0.4, 0.5) is 0 Å². The number of hydrogen-bond acceptors (Lipinski definition) is 4. The second-order valence-corrected chi connectivity index (χ2v) is 3.52. The van der Waals surface area contributed by atoms with Crippen molar-refractivity contribution in [2.45, 2.75) is 0 Å². The highest BCUT2D eigenvalue weighted by molar-refractivity contribution is 5.76. The molecule has 0 spiro atoms. The topological polar surface area (TPSA) is 59.3 Å². The Morgan fingerprint density at radius 1 is 1.42 bits per heavy atom. The lowest BCUT2D eigenvalue weighted by Crippen LogP contribution is -1.97. The summed E-state index contributed by atoms with van der Waals surface area (Å²) in [5.41, 5.74) is 0.693. The lowest BCUT2D eigenvalue weighted by Gasteiger charge is -2.11. The second-order valence-electron chi connectivity index (χ2n) is 3.52. The highest BCUT2D eigenvalue weighted by Gasteiger charge is 2.07. The molecule has 0 N–H and O–H groups in total. The third kappa shape index (κ3) is 3.86. The van der Waals surface area contributed by atoms with E-state index in [0.717, 1.165) is 0 Å². The first kappa shape index (κ1) is 14.3. The van der Waals surface area contributed by atoms with Gasteiger partial charge in [-0.1, -0.05) is 13.2 Å². The van der Waals surface area contributed by atoms with Gasteiger partial charge in [-0.05, 0) is 30.4 Å². The Balaban J connectivity index is 3.12. The molecule has 4 heteroatoms. The van der Waals surface area contributed by atoms with Crippen LogP contribution in [0.15, 0.2) is 54.8 Å². The summed E-state index contributed by atoms with van der Waals surface area (Å²) >= 11 is 0. The quantitative estimate of drug-likeness (QED) is 0.339. The van der Waals surface area contributed by atoms with E-state index in [0.29, 0.717) is 29.1 Å². The highest BCUT2D eigenvalue weighted by Crippen LogP contribution is 2.29. The minimum Gasteiger partial charge on any atom is -0.493 e. The van der Waals surface area contributed by atoms with Crippen LogP contribution in [-0.2, 0) is 0 Å². The fourth-order valence-electron chi connectivity index (χ4n) is 1.31. The van der Waals surface area contributed by atoms with E-state index in [1.165, 1.54) is 25.3 Å². The SMILES string of the molecule is C=C/C(=C\C(=C)C#N)Oc1cc(C=O)ccc1OC. The molecule has 1 aromatic carbocycles. The molecular weight excluding hydrogens is 242 g/mol. The van der Waals surface area contributed by atoms with Gasteiger partial charge in [0.15, 0.2) is 11.5 Å². The van der Waals surface area contributed by atoms with Crippen molar-refractivity contribution in [2.24, 2.45) is 0 Å². The number of rotatable bonds is 6. The smallest absolute Gasteiger partial charge is 0.169 e. The molecule has 0 aromatic heterocycles. The zero-order valence-corrected chi connectivity index (χ0v) is 10.6. The monoisotopic (exact) mass is 255 g/mol. The number of hydrogen-bond donors (Lipinski definition) is 0. The van der Waals surface area contributed by atoms with Gasteiger partial charge in [0.2, 0.25) is 0 Å². The number of nitrogens with zero attached hydrogens (tertiary/aromatic N) is 1. The molecule has 19 heavy (non-hydrogen) atoms. The molecule has 0 saturated heterocycles. The van der Waals surface area contributed by atoms with Crippen LogP contribution in [0.25, 0.3) is 0 Å². The summed E-state index contributed by atoms with van der Waals surface area (Å²) in [7, 11) is 1.49. The second kappa shape index (κ2) is 6.82. The first-order chi connectivity index (χ1) is 9.14. The van der Waals surface area contributed by atoms with Crippen LogP contribution >= 0.6 is 0 Å². The fourth-order valence-corrected chi connectivity index (χ4v) is 1.31. The maximum Gasteiger partial charge on any atom is 0.169 e. The standard InChI is InChI=1S/C15H13NO3/c1-4-13(7-11(2)9-16)19-15-8-12(10-17)5-6-14(15)18-3/h4-8,10H,1-2H2,3H3/b13-7+. The number of allylic oxidation sites excluding steroid dienone is 3. The Labute approximate surface area is 111 Å². The zero-order chi connectivity index (χ0) is 14.3. The van der Waals surface area contributed by atoms with E-state index in [-0.39, 0.29) is 5.57 Å². The summed E-state index contributed by atoms with van der Waals surface area (Å²) in [6, 6.07) is 6.66. The first-order valence-corrected chi connectivity index (χ1v) is 5.38. The minimum atomic E-state index is 0.236. The molecule has 0 aliphatic heterocycles. The molecule has 96 valence electrons. The van der Waals surface area contributed by atoms with Gasteiger partial charge in [0.25, 0.3) is 0 Å². The number of nitriles is 1. The summed E-state index contributed by atoms with van der Waals surface area (Å²) in [5, 5.41) is 8.67. The maximum atomic E-state index is 10.7. The van der Waals surface area contributed by atoms with Crippen molar-refractivity contribution in [3.8, 4) is 17.6 Å². The van der Waals surface area contributed by atoms with Gasteiger partial charge in [-0.2, -0.15) is 5.26 Å². The van der Waals surface area contributed by atoms with Crippen molar-refractivity contribution in [1.29, 1.82) is 5.26 Å². The molecule has 0 aliphatic carbocycles. The van der Waals surface area contributed by atoms with Crippen LogP contribution in [0.2, 0.25) is 0 Å². The summed E-state index contributed by atoms with van der Waals surface area (Å²) in [6.45, 7) is 7.11. The Hall–Kier alpha value is -2.80. The Morgan fingerprint density at radius 3 is 2.68 bits per heavy atom. The molecule has 0 radical (unpaired) electrons. The van der Waals surface area contributed by atoms with Gasteiger partial charge < -0.3 is 9.47 Å². The molecule has 1 rings (SSSR count). The van der Waals surface area contributed by atoms with Crippen molar-refractivity contribution < 1.29 is 14.3 Å². The van der Waals surface area contributed by atoms with E-state index < -0.39 is 0 Å². The van der Waals surface area contributed by atoms with Gasteiger partial charge in [-0.25, -0.2) is 0 Å². The predicted octanol–water partition coefficient (Wildman–Crippen LogP) is 3.04. The normalized spacial score (nSPS) is 10.2. The molecule has 4 nitrogen and oxygen atoms in total. The van der Waals surface area contributed by atoms with Crippen LogP contribution in [0.3, 0.4) is 0 Å². The number of aldehydes is 1. The maximum absolute atomic E-state index is 10.7. The highest BCUT2D eigenvalue weighted by atomic mass is 16.5. The molecule has 0 saturated carbocycles. The van der Waals surface area contributed by atoms with Crippen LogP contribution in [0.5, 0.6) is 11.5 Å². The van der Waals surface area contributed by atoms with Crippen molar-refractivity contribution in [2.75, 3.05) is 7.11 Å². The summed E-state index contributed by atoms with van der Waals surface area (Å²) in [4.78, 5) is 10.7. The van der Waals surface area contributed by atoms with Gasteiger partial charge in [0, 0.05) is 11.1 Å². The molecule has 0 amide bonds. The summed E-state index contributed by atoms with van der Waals surface area (Å²) in [6.07, 6.45) is 3.59. The van der Waals surface area contributed by atoms with E-state index in [1.54, 1.807) is 12.1 Å². The van der Waals surface area contributed by atoms with E-state index in [2.05, 4.69) is 13.2 Å². The summed E-state index contributed by atoms with van der Waals surface area (Å²) < 4.78 is 10.7. The molecular formula is C15H13NO3. The summed E-state index contributed by atoms with van der Waals surface area (Å²) in [5.74, 6) is 1.18. The number of carbonyl (C=O) groups is 1. The average molecular weight is 255 g/mol. The Bertz CT molecular complexity index is 580. The molecule has 0 heterocycles. The van der Waals surface area contributed by atoms with Crippen LogP contribution in [0.1, 0.15) is 10.4 Å². The van der Waals surface area contributed by atoms with Crippen molar-refractivity contribution >= 4 is 6.29 Å². The first-order valence-electron chi connectivity index (χ1n) is 5.38. The minimum absolute atomic E-state index is 0.236. The van der Waals surface area contributed by atoms with Gasteiger partial charge in [-0.3, -0.25) is 4.79 Å². The van der Waals surface area contributed by atoms with E-state index in [4.69, 9.17) is 14.7 Å². The van der Waals surface area contributed by atoms with Gasteiger partial charge in [0.05, 0.1) is 13.2 Å². The van der Waals surface area contributed by atoms with Crippen LogP contribution in [0, 0.1) is 11.3 Å². The number of benzene rings is 1. The third-order valence-corrected chi connectivity index (χ3v) is 2.21. The Kier molecular flexibility index (Phi) is 5.12. The van der Waals surface area contributed by atoms with E-state index >= 15 is 0 Å². The van der Waals surface area contributed by atoms with Crippen molar-refractivity contribution in [3.63, 3.8) is 0 Å². The lowest BCUT2D eigenvalue weighted by molar-refractivity contribution is 0.112. The molecule has 0 unspecified atom stereocenters. The molecule has 0 atom stereocenters. The number of methoxy groups -OCH3 is 1. The van der Waals surface area contributed by atoms with Crippen LogP contribution < -0.4 is 9.47 Å². The van der Waals surface area contributed by atoms with Crippen molar-refractivity contribution in [3.05, 3.63) is 60.4 Å². The fraction of sp³-hybridized carbons (Fsp3) is 0.0667. The predicted molar refractivity (Wildman–Crippen MR) is 72.0 cm³/mol. The third-order valence-electron chi connectivity index (χ3n) is 2.21. The largest absolute Gasteiger partial charge is 0.493 e. The number of ether oxygens (including phenoxy) is 2. The van der Waals surface area contributed by atoms with E-state index in [1.807, 2.05) is 6.07 Å². The van der Waals surface area contributed by atoms with E-state index in [9.17, 15) is 4.79 Å². The molecule has 1 aromatic rings. The molecule has 0 fully saturated rings. The van der Waals surface area contributed by atoms with Gasteiger partial charge >= 0.3 is 0 Å². The van der Waals surface area contributed by atoms with Gasteiger partial charge in [0.1, 0.15) is 12.0 Å².